The van der Waals surface area contributed by atoms with Crippen molar-refractivity contribution in [2.24, 2.45) is 0 Å². The van der Waals surface area contributed by atoms with Gasteiger partial charge in [-0.2, -0.15) is 0 Å². The molecule has 90 valence electrons. The van der Waals surface area contributed by atoms with Crippen LogP contribution in [0.1, 0.15) is 44.9 Å². The highest BCUT2D eigenvalue weighted by molar-refractivity contribution is 7.91. The molecule has 0 bridgehead atoms. The van der Waals surface area contributed by atoms with Gasteiger partial charge in [-0.1, -0.05) is 13.8 Å². The Morgan fingerprint density at radius 2 is 1.88 bits per heavy atom. The molecule has 0 saturated heterocycles. The van der Waals surface area contributed by atoms with Crippen molar-refractivity contribution in [3.8, 4) is 0 Å². The first-order chi connectivity index (χ1) is 7.16. The zero-order valence-electron chi connectivity index (χ0n) is 10.5. The van der Waals surface area contributed by atoms with Crippen molar-refractivity contribution in [1.29, 1.82) is 0 Å². The number of pyridine rings is 1. The third kappa shape index (κ3) is 2.43. The second-order valence-corrected chi connectivity index (χ2v) is 7.48. The van der Waals surface area contributed by atoms with Crippen molar-refractivity contribution in [1.82, 2.24) is 4.98 Å². The summed E-state index contributed by atoms with van der Waals surface area (Å²) in [7, 11) is -3.16. The molecule has 0 saturated carbocycles. The van der Waals surface area contributed by atoms with Gasteiger partial charge in [0.2, 0.25) is 0 Å². The van der Waals surface area contributed by atoms with Crippen LogP contribution in [0, 0.1) is 0 Å². The Morgan fingerprint density at radius 3 is 2.31 bits per heavy atom. The van der Waals surface area contributed by atoms with E-state index in [4.69, 9.17) is 0 Å². The fourth-order valence-corrected chi connectivity index (χ4v) is 1.82. The molecule has 3 nitrogen and oxygen atoms in total. The lowest BCUT2D eigenvalue weighted by Crippen LogP contribution is -2.29. The maximum atomic E-state index is 11.7. The average molecular weight is 241 g/mol. The maximum Gasteiger partial charge on any atom is 0.158 e. The molecule has 1 aromatic heterocycles. The molecule has 0 radical (unpaired) electrons. The second-order valence-electron chi connectivity index (χ2n) is 4.91. The number of rotatable bonds is 3. The van der Waals surface area contributed by atoms with Crippen LogP contribution in [0.25, 0.3) is 0 Å². The molecular formula is C12H19NO2S. The van der Waals surface area contributed by atoms with Crippen LogP contribution in [0.15, 0.2) is 18.3 Å². The summed E-state index contributed by atoms with van der Waals surface area (Å²) >= 11 is 0. The average Bonchev–Trinajstić information content (AvgIpc) is 2.16. The van der Waals surface area contributed by atoms with Gasteiger partial charge < -0.3 is 0 Å². The Hall–Kier alpha value is -0.900. The third-order valence-electron chi connectivity index (χ3n) is 2.99. The minimum absolute atomic E-state index is 0.372. The lowest BCUT2D eigenvalue weighted by Gasteiger charge is -2.22. The number of hydrogen-bond acceptors (Lipinski definition) is 3. The van der Waals surface area contributed by atoms with Crippen LogP contribution in [0.5, 0.6) is 0 Å². The monoisotopic (exact) mass is 241 g/mol. The van der Waals surface area contributed by atoms with Gasteiger partial charge in [-0.3, -0.25) is 4.98 Å². The highest BCUT2D eigenvalue weighted by atomic mass is 32.2. The molecule has 1 aromatic rings. The lowest BCUT2D eigenvalue weighted by atomic mass is 10.0. The van der Waals surface area contributed by atoms with E-state index in [0.29, 0.717) is 11.6 Å². The van der Waals surface area contributed by atoms with Crippen LogP contribution in [0.2, 0.25) is 0 Å². The summed E-state index contributed by atoms with van der Waals surface area (Å²) in [4.78, 5) is 4.18. The van der Waals surface area contributed by atoms with Crippen molar-refractivity contribution in [3.05, 3.63) is 29.6 Å². The molecule has 1 heterocycles. The largest absolute Gasteiger partial charge is 0.260 e. The first-order valence-electron chi connectivity index (χ1n) is 5.32. The van der Waals surface area contributed by atoms with Gasteiger partial charge in [0.25, 0.3) is 0 Å². The maximum absolute atomic E-state index is 11.7. The van der Waals surface area contributed by atoms with Crippen molar-refractivity contribution >= 4 is 9.84 Å². The highest BCUT2D eigenvalue weighted by Gasteiger charge is 2.33. The fourth-order valence-electron chi connectivity index (χ4n) is 1.33. The van der Waals surface area contributed by atoms with Crippen LogP contribution in [0.3, 0.4) is 0 Å². The molecule has 0 spiro atoms. The molecule has 16 heavy (non-hydrogen) atoms. The summed E-state index contributed by atoms with van der Waals surface area (Å²) in [6.45, 7) is 7.53. The second kappa shape index (κ2) is 4.17. The van der Waals surface area contributed by atoms with Gasteiger partial charge in [-0.05, 0) is 37.5 Å². The topological polar surface area (TPSA) is 47.0 Å². The van der Waals surface area contributed by atoms with Gasteiger partial charge >= 0.3 is 0 Å². The third-order valence-corrected chi connectivity index (χ3v) is 5.06. The predicted octanol–water partition coefficient (Wildman–Crippen LogP) is 2.48. The molecule has 0 aliphatic carbocycles. The van der Waals surface area contributed by atoms with Gasteiger partial charge in [0.05, 0.1) is 5.69 Å². The van der Waals surface area contributed by atoms with Crippen LogP contribution in [-0.2, 0) is 14.6 Å². The molecular weight excluding hydrogens is 222 g/mol. The molecule has 0 aromatic carbocycles. The molecule has 0 N–H and O–H groups in total. The summed E-state index contributed by atoms with van der Waals surface area (Å²) in [6, 6.07) is 3.80. The Labute approximate surface area is 97.8 Å². The summed E-state index contributed by atoms with van der Waals surface area (Å²) in [5.74, 6) is 0.372. The Bertz CT molecular complexity index is 476. The smallest absolute Gasteiger partial charge is 0.158 e. The molecule has 0 fully saturated rings. The van der Waals surface area contributed by atoms with E-state index in [0.717, 1.165) is 5.56 Å². The van der Waals surface area contributed by atoms with Gasteiger partial charge in [-0.25, -0.2) is 8.42 Å². The van der Waals surface area contributed by atoms with Gasteiger partial charge in [-0.15, -0.1) is 0 Å². The number of nitrogens with zero attached hydrogens (tertiary/aromatic N) is 1. The van der Waals surface area contributed by atoms with Crippen LogP contribution in [-0.4, -0.2) is 19.7 Å². The van der Waals surface area contributed by atoms with Gasteiger partial charge in [0.15, 0.2) is 9.84 Å². The van der Waals surface area contributed by atoms with Crippen molar-refractivity contribution in [3.63, 3.8) is 0 Å². The molecule has 0 atom stereocenters. The number of sulfone groups is 1. The van der Waals surface area contributed by atoms with Gasteiger partial charge in [0.1, 0.15) is 4.75 Å². The van der Waals surface area contributed by atoms with Gasteiger partial charge in [0, 0.05) is 12.5 Å². The van der Waals surface area contributed by atoms with E-state index < -0.39 is 14.6 Å². The lowest BCUT2D eigenvalue weighted by molar-refractivity contribution is 0.556. The Balaban J connectivity index is 3.30. The molecule has 0 aliphatic heterocycles. The summed E-state index contributed by atoms with van der Waals surface area (Å²) in [5, 5.41) is 0. The molecule has 0 amide bonds. The minimum Gasteiger partial charge on any atom is -0.260 e. The standard InChI is InChI=1S/C12H19NO2S/c1-9(2)10-6-7-13-11(8-10)12(3,4)16(5,14)15/h6-9H,1-5H3. The molecule has 0 aliphatic rings. The first kappa shape index (κ1) is 13.2. The molecule has 4 heteroatoms. The normalized spacial score (nSPS) is 13.1. The highest BCUT2D eigenvalue weighted by Crippen LogP contribution is 2.28. The van der Waals surface area contributed by atoms with E-state index in [1.54, 1.807) is 20.0 Å². The van der Waals surface area contributed by atoms with Crippen molar-refractivity contribution in [2.45, 2.75) is 38.4 Å². The number of hydrogen-bond donors (Lipinski definition) is 0. The Morgan fingerprint density at radius 1 is 1.31 bits per heavy atom. The fraction of sp³-hybridized carbons (Fsp3) is 0.583. The van der Waals surface area contributed by atoms with E-state index in [-0.39, 0.29) is 0 Å². The number of aromatic nitrogens is 1. The SMILES string of the molecule is CC(C)c1ccnc(C(C)(C)S(C)(=O)=O)c1. The summed E-state index contributed by atoms with van der Waals surface area (Å²) in [5.41, 5.74) is 1.72. The zero-order valence-corrected chi connectivity index (χ0v) is 11.3. The van der Waals surface area contributed by atoms with Crippen LogP contribution in [0.4, 0.5) is 0 Å². The first-order valence-corrected chi connectivity index (χ1v) is 7.21. The van der Waals surface area contributed by atoms with E-state index in [9.17, 15) is 8.42 Å². The van der Waals surface area contributed by atoms with Crippen molar-refractivity contribution in [2.75, 3.05) is 6.26 Å². The van der Waals surface area contributed by atoms with Crippen LogP contribution >= 0.6 is 0 Å². The van der Waals surface area contributed by atoms with E-state index in [1.165, 1.54) is 6.26 Å². The van der Waals surface area contributed by atoms with Crippen LogP contribution < -0.4 is 0 Å². The van der Waals surface area contributed by atoms with E-state index >= 15 is 0 Å². The predicted molar refractivity (Wildman–Crippen MR) is 66.2 cm³/mol. The molecule has 1 rings (SSSR count). The summed E-state index contributed by atoms with van der Waals surface area (Å²) < 4.78 is 22.5. The van der Waals surface area contributed by atoms with E-state index in [2.05, 4.69) is 18.8 Å². The van der Waals surface area contributed by atoms with Crippen molar-refractivity contribution < 1.29 is 8.42 Å². The minimum atomic E-state index is -3.16. The zero-order chi connectivity index (χ0) is 12.6. The Kier molecular flexibility index (Phi) is 3.43. The quantitative estimate of drug-likeness (QED) is 0.816. The summed E-state index contributed by atoms with van der Waals surface area (Å²) in [6.07, 6.45) is 2.92. The van der Waals surface area contributed by atoms with E-state index in [1.807, 2.05) is 12.1 Å². The molecule has 0 unspecified atom stereocenters.